The van der Waals surface area contributed by atoms with Gasteiger partial charge in [-0.3, -0.25) is 4.98 Å². The smallest absolute Gasteiger partial charge is 0.119 e. The molecule has 2 atom stereocenters. The van der Waals surface area contributed by atoms with Crippen LogP contribution in [0.15, 0.2) is 54.9 Å². The summed E-state index contributed by atoms with van der Waals surface area (Å²) in [4.78, 5) is 4.11. The van der Waals surface area contributed by atoms with Gasteiger partial charge in [-0.2, -0.15) is 0 Å². The average molecular weight is 298 g/mol. The van der Waals surface area contributed by atoms with Gasteiger partial charge in [0.1, 0.15) is 5.75 Å². The highest BCUT2D eigenvalue weighted by Gasteiger charge is 2.22. The normalized spacial score (nSPS) is 21.5. The standard InChI is InChI=1S/C18H22N2O2/c1-2-6-17(7-3-1)21-14-16-9-18(12-20-11-16)22-13-15-5-4-8-19-10-15/h1-8,10,16,18,20H,9,11-14H2/t16-,18-/m0/s1. The van der Waals surface area contributed by atoms with E-state index in [1.165, 1.54) is 0 Å². The topological polar surface area (TPSA) is 43.4 Å². The SMILES string of the molecule is c1ccc(OC[C@@H]2CNC[C@@H](OCc3cccnc3)C2)cc1. The molecule has 1 aromatic heterocycles. The van der Waals surface area contributed by atoms with Gasteiger partial charge in [-0.15, -0.1) is 0 Å². The Hall–Kier alpha value is -1.91. The van der Waals surface area contributed by atoms with Gasteiger partial charge in [0.2, 0.25) is 0 Å². The molecule has 1 aliphatic rings. The zero-order chi connectivity index (χ0) is 15.0. The molecule has 2 heterocycles. The van der Waals surface area contributed by atoms with E-state index in [0.717, 1.165) is 37.4 Å². The summed E-state index contributed by atoms with van der Waals surface area (Å²) in [5, 5.41) is 3.44. The van der Waals surface area contributed by atoms with E-state index in [4.69, 9.17) is 9.47 Å². The molecule has 2 aromatic rings. The average Bonchev–Trinajstić information content (AvgIpc) is 2.60. The second-order valence-electron chi connectivity index (χ2n) is 5.68. The monoisotopic (exact) mass is 298 g/mol. The van der Waals surface area contributed by atoms with Crippen molar-refractivity contribution in [1.29, 1.82) is 0 Å². The zero-order valence-electron chi connectivity index (χ0n) is 12.7. The molecular weight excluding hydrogens is 276 g/mol. The van der Waals surface area contributed by atoms with Crippen molar-refractivity contribution in [3.05, 3.63) is 60.4 Å². The van der Waals surface area contributed by atoms with Crippen molar-refractivity contribution in [2.45, 2.75) is 19.1 Å². The van der Waals surface area contributed by atoms with Gasteiger partial charge >= 0.3 is 0 Å². The van der Waals surface area contributed by atoms with Crippen LogP contribution in [0.4, 0.5) is 0 Å². The van der Waals surface area contributed by atoms with E-state index in [0.29, 0.717) is 12.5 Å². The van der Waals surface area contributed by atoms with Gasteiger partial charge in [-0.05, 0) is 30.2 Å². The van der Waals surface area contributed by atoms with Gasteiger partial charge in [0.05, 0.1) is 19.3 Å². The molecule has 116 valence electrons. The molecule has 1 saturated heterocycles. The Morgan fingerprint density at radius 2 is 2.00 bits per heavy atom. The summed E-state index contributed by atoms with van der Waals surface area (Å²) in [6.45, 7) is 3.23. The summed E-state index contributed by atoms with van der Waals surface area (Å²) in [5.74, 6) is 1.41. The summed E-state index contributed by atoms with van der Waals surface area (Å²) in [7, 11) is 0. The van der Waals surface area contributed by atoms with Crippen molar-refractivity contribution < 1.29 is 9.47 Å². The number of hydrogen-bond donors (Lipinski definition) is 1. The van der Waals surface area contributed by atoms with E-state index in [1.54, 1.807) is 6.20 Å². The van der Waals surface area contributed by atoms with Crippen LogP contribution in [-0.2, 0) is 11.3 Å². The van der Waals surface area contributed by atoms with Crippen molar-refractivity contribution in [1.82, 2.24) is 10.3 Å². The Morgan fingerprint density at radius 3 is 2.82 bits per heavy atom. The fraction of sp³-hybridized carbons (Fsp3) is 0.389. The van der Waals surface area contributed by atoms with Crippen LogP contribution in [-0.4, -0.2) is 30.8 Å². The van der Waals surface area contributed by atoms with Crippen LogP contribution in [0, 0.1) is 5.92 Å². The Kier molecular flexibility index (Phi) is 5.40. The number of nitrogens with one attached hydrogen (secondary N) is 1. The third-order valence-corrected chi connectivity index (χ3v) is 3.84. The van der Waals surface area contributed by atoms with Crippen molar-refractivity contribution >= 4 is 0 Å². The molecule has 0 aliphatic carbocycles. The third-order valence-electron chi connectivity index (χ3n) is 3.84. The van der Waals surface area contributed by atoms with Crippen LogP contribution in [0.5, 0.6) is 5.75 Å². The van der Waals surface area contributed by atoms with Gasteiger partial charge in [-0.1, -0.05) is 24.3 Å². The van der Waals surface area contributed by atoms with Crippen molar-refractivity contribution in [2.24, 2.45) is 5.92 Å². The van der Waals surface area contributed by atoms with Crippen LogP contribution in [0.3, 0.4) is 0 Å². The number of para-hydroxylation sites is 1. The number of hydrogen-bond acceptors (Lipinski definition) is 4. The van der Waals surface area contributed by atoms with Crippen LogP contribution in [0.2, 0.25) is 0 Å². The molecular formula is C18H22N2O2. The second-order valence-corrected chi connectivity index (χ2v) is 5.68. The lowest BCUT2D eigenvalue weighted by molar-refractivity contribution is 0.00475. The molecule has 1 N–H and O–H groups in total. The number of aromatic nitrogens is 1. The van der Waals surface area contributed by atoms with Crippen LogP contribution in [0.25, 0.3) is 0 Å². The van der Waals surface area contributed by atoms with Gasteiger partial charge in [0, 0.05) is 31.4 Å². The van der Waals surface area contributed by atoms with E-state index in [-0.39, 0.29) is 6.10 Å². The molecule has 4 heteroatoms. The van der Waals surface area contributed by atoms with Gasteiger partial charge in [0.15, 0.2) is 0 Å². The van der Waals surface area contributed by atoms with Crippen molar-refractivity contribution in [3.8, 4) is 5.75 Å². The summed E-state index contributed by atoms with van der Waals surface area (Å²) >= 11 is 0. The number of nitrogens with zero attached hydrogens (tertiary/aromatic N) is 1. The van der Waals surface area contributed by atoms with Crippen molar-refractivity contribution in [3.63, 3.8) is 0 Å². The zero-order valence-corrected chi connectivity index (χ0v) is 12.7. The molecule has 0 bridgehead atoms. The lowest BCUT2D eigenvalue weighted by Gasteiger charge is -2.30. The van der Waals surface area contributed by atoms with E-state index in [9.17, 15) is 0 Å². The van der Waals surface area contributed by atoms with Gasteiger partial charge in [-0.25, -0.2) is 0 Å². The minimum Gasteiger partial charge on any atom is -0.493 e. The lowest BCUT2D eigenvalue weighted by Crippen LogP contribution is -2.42. The number of ether oxygens (including phenoxy) is 2. The van der Waals surface area contributed by atoms with E-state index in [2.05, 4.69) is 10.3 Å². The summed E-state index contributed by atoms with van der Waals surface area (Å²) < 4.78 is 11.8. The number of pyridine rings is 1. The first-order valence-corrected chi connectivity index (χ1v) is 7.79. The lowest BCUT2D eigenvalue weighted by atomic mass is 9.98. The molecule has 0 unspecified atom stereocenters. The Morgan fingerprint density at radius 1 is 1.09 bits per heavy atom. The first-order valence-electron chi connectivity index (χ1n) is 7.79. The molecule has 0 amide bonds. The van der Waals surface area contributed by atoms with E-state index < -0.39 is 0 Å². The first kappa shape index (κ1) is 15.0. The fourth-order valence-electron chi connectivity index (χ4n) is 2.67. The van der Waals surface area contributed by atoms with Crippen molar-refractivity contribution in [2.75, 3.05) is 19.7 Å². The van der Waals surface area contributed by atoms with E-state index in [1.807, 2.05) is 48.7 Å². The Bertz CT molecular complexity index is 498. The molecule has 4 nitrogen and oxygen atoms in total. The van der Waals surface area contributed by atoms with Crippen LogP contribution < -0.4 is 10.1 Å². The number of benzene rings is 1. The molecule has 0 radical (unpaired) electrons. The molecule has 22 heavy (non-hydrogen) atoms. The third kappa shape index (κ3) is 4.55. The fourth-order valence-corrected chi connectivity index (χ4v) is 2.67. The predicted molar refractivity (Wildman–Crippen MR) is 85.7 cm³/mol. The number of piperidine rings is 1. The summed E-state index contributed by atoms with van der Waals surface area (Å²) in [6.07, 6.45) is 4.90. The highest BCUT2D eigenvalue weighted by atomic mass is 16.5. The predicted octanol–water partition coefficient (Wildman–Crippen LogP) is 2.66. The maximum atomic E-state index is 5.99. The maximum absolute atomic E-state index is 5.99. The minimum absolute atomic E-state index is 0.235. The second kappa shape index (κ2) is 7.92. The highest BCUT2D eigenvalue weighted by Crippen LogP contribution is 2.17. The molecule has 3 rings (SSSR count). The van der Waals surface area contributed by atoms with Gasteiger partial charge in [0.25, 0.3) is 0 Å². The maximum Gasteiger partial charge on any atom is 0.119 e. The quantitative estimate of drug-likeness (QED) is 0.890. The van der Waals surface area contributed by atoms with Crippen LogP contribution in [0.1, 0.15) is 12.0 Å². The molecule has 1 aromatic carbocycles. The largest absolute Gasteiger partial charge is 0.493 e. The van der Waals surface area contributed by atoms with Gasteiger partial charge < -0.3 is 14.8 Å². The number of rotatable bonds is 6. The highest BCUT2D eigenvalue weighted by molar-refractivity contribution is 5.20. The summed E-state index contributed by atoms with van der Waals surface area (Å²) in [6, 6.07) is 14.0. The summed E-state index contributed by atoms with van der Waals surface area (Å²) in [5.41, 5.74) is 1.12. The molecule has 0 saturated carbocycles. The van der Waals surface area contributed by atoms with E-state index >= 15 is 0 Å². The molecule has 1 fully saturated rings. The van der Waals surface area contributed by atoms with Crippen LogP contribution >= 0.6 is 0 Å². The molecule has 0 spiro atoms. The Labute approximate surface area is 131 Å². The minimum atomic E-state index is 0.235. The first-order chi connectivity index (χ1) is 10.9. The molecule has 1 aliphatic heterocycles. The Balaban J connectivity index is 1.43.